The van der Waals surface area contributed by atoms with E-state index in [-0.39, 0.29) is 17.7 Å². The van der Waals surface area contributed by atoms with Gasteiger partial charge in [0.05, 0.1) is 23.4 Å². The SMILES string of the molecule is O=C1c2ccccc2CN1c1ccc(N2C(=O)c3ccccc3C2=O)cc1. The number of hydrogen-bond acceptors (Lipinski definition) is 3. The van der Waals surface area contributed by atoms with Gasteiger partial charge in [-0.25, -0.2) is 4.90 Å². The molecular weight excluding hydrogens is 340 g/mol. The van der Waals surface area contributed by atoms with E-state index < -0.39 is 0 Å². The summed E-state index contributed by atoms with van der Waals surface area (Å²) in [5, 5.41) is 0. The standard InChI is InChI=1S/C22H14N2O3/c25-20-17-6-2-1-5-14(17)13-23(20)15-9-11-16(12-10-15)24-21(26)18-7-3-4-8-19(18)22(24)27/h1-12H,13H2. The van der Waals surface area contributed by atoms with Crippen LogP contribution in [0.2, 0.25) is 0 Å². The van der Waals surface area contributed by atoms with Gasteiger partial charge in [0.1, 0.15) is 0 Å². The van der Waals surface area contributed by atoms with E-state index >= 15 is 0 Å². The number of amides is 3. The number of rotatable bonds is 2. The summed E-state index contributed by atoms with van der Waals surface area (Å²) in [5.41, 5.74) is 3.76. The van der Waals surface area contributed by atoms with Crippen molar-refractivity contribution in [1.82, 2.24) is 0 Å². The second-order valence-electron chi connectivity index (χ2n) is 6.56. The van der Waals surface area contributed by atoms with Gasteiger partial charge < -0.3 is 4.90 Å². The summed E-state index contributed by atoms with van der Waals surface area (Å²) in [4.78, 5) is 40.6. The van der Waals surface area contributed by atoms with Gasteiger partial charge in [0.25, 0.3) is 17.7 Å². The summed E-state index contributed by atoms with van der Waals surface area (Å²) >= 11 is 0. The molecule has 0 unspecified atom stereocenters. The molecule has 5 rings (SSSR count). The number of nitrogens with zero attached hydrogens (tertiary/aromatic N) is 2. The maximum atomic E-state index is 12.6. The zero-order chi connectivity index (χ0) is 18.5. The van der Waals surface area contributed by atoms with Crippen LogP contribution in [0.1, 0.15) is 36.6 Å². The van der Waals surface area contributed by atoms with Crippen molar-refractivity contribution >= 4 is 29.1 Å². The Morgan fingerprint density at radius 3 is 1.67 bits per heavy atom. The van der Waals surface area contributed by atoms with Crippen LogP contribution in [0, 0.1) is 0 Å². The van der Waals surface area contributed by atoms with Gasteiger partial charge in [-0.3, -0.25) is 14.4 Å². The van der Waals surface area contributed by atoms with Gasteiger partial charge in [0.15, 0.2) is 0 Å². The van der Waals surface area contributed by atoms with Crippen LogP contribution >= 0.6 is 0 Å². The molecule has 0 aliphatic carbocycles. The van der Waals surface area contributed by atoms with Crippen LogP contribution < -0.4 is 9.80 Å². The molecule has 3 amide bonds. The molecule has 2 aliphatic heterocycles. The minimum Gasteiger partial charge on any atom is -0.304 e. The molecule has 3 aromatic carbocycles. The molecule has 0 fully saturated rings. The van der Waals surface area contributed by atoms with Gasteiger partial charge in [0.2, 0.25) is 0 Å². The van der Waals surface area contributed by atoms with Gasteiger partial charge in [-0.2, -0.15) is 0 Å². The Kier molecular flexibility index (Phi) is 3.24. The molecule has 2 heterocycles. The fraction of sp³-hybridized carbons (Fsp3) is 0.0455. The van der Waals surface area contributed by atoms with Crippen molar-refractivity contribution < 1.29 is 14.4 Å². The quantitative estimate of drug-likeness (QED) is 0.660. The van der Waals surface area contributed by atoms with E-state index in [1.54, 1.807) is 53.4 Å². The molecule has 27 heavy (non-hydrogen) atoms. The molecule has 0 N–H and O–H groups in total. The molecule has 0 aromatic heterocycles. The van der Waals surface area contributed by atoms with Crippen molar-refractivity contribution in [2.24, 2.45) is 0 Å². The Morgan fingerprint density at radius 1 is 0.556 bits per heavy atom. The lowest BCUT2D eigenvalue weighted by Gasteiger charge is -2.18. The third-order valence-corrected chi connectivity index (χ3v) is 5.04. The van der Waals surface area contributed by atoms with Gasteiger partial charge in [-0.1, -0.05) is 30.3 Å². The first kappa shape index (κ1) is 15.5. The minimum absolute atomic E-state index is 0.0425. The zero-order valence-electron chi connectivity index (χ0n) is 14.3. The molecule has 0 atom stereocenters. The van der Waals surface area contributed by atoms with Crippen LogP contribution in [0.3, 0.4) is 0 Å². The van der Waals surface area contributed by atoms with Crippen molar-refractivity contribution in [3.63, 3.8) is 0 Å². The number of anilines is 2. The molecule has 0 saturated carbocycles. The highest BCUT2D eigenvalue weighted by Crippen LogP contribution is 2.32. The fourth-order valence-electron chi connectivity index (χ4n) is 3.67. The van der Waals surface area contributed by atoms with Crippen molar-refractivity contribution in [3.8, 4) is 0 Å². The first-order chi connectivity index (χ1) is 13.1. The Hall–Kier alpha value is -3.73. The maximum absolute atomic E-state index is 12.6. The number of hydrogen-bond donors (Lipinski definition) is 0. The third kappa shape index (κ3) is 2.22. The lowest BCUT2D eigenvalue weighted by atomic mass is 10.1. The average molecular weight is 354 g/mol. The maximum Gasteiger partial charge on any atom is 0.266 e. The molecule has 0 spiro atoms. The van der Waals surface area contributed by atoms with Crippen molar-refractivity contribution in [2.45, 2.75) is 6.54 Å². The summed E-state index contributed by atoms with van der Waals surface area (Å²) in [5.74, 6) is -0.694. The van der Waals surface area contributed by atoms with Gasteiger partial charge in [-0.05, 0) is 48.0 Å². The first-order valence-corrected chi connectivity index (χ1v) is 8.63. The lowest BCUT2D eigenvalue weighted by Crippen LogP contribution is -2.29. The van der Waals surface area contributed by atoms with Crippen LogP contribution in [0.15, 0.2) is 72.8 Å². The summed E-state index contributed by atoms with van der Waals surface area (Å²) in [6, 6.07) is 21.3. The number of carbonyl (C=O) groups is 3. The second-order valence-corrected chi connectivity index (χ2v) is 6.56. The average Bonchev–Trinajstić information content (AvgIpc) is 3.17. The summed E-state index contributed by atoms with van der Waals surface area (Å²) in [6.45, 7) is 0.515. The predicted octanol–water partition coefficient (Wildman–Crippen LogP) is 3.65. The molecule has 2 aliphatic rings. The van der Waals surface area contributed by atoms with Crippen LogP contribution in [-0.4, -0.2) is 17.7 Å². The Bertz CT molecular complexity index is 1080. The molecule has 3 aromatic rings. The molecule has 5 nitrogen and oxygen atoms in total. The Morgan fingerprint density at radius 2 is 1.07 bits per heavy atom. The number of imide groups is 1. The van der Waals surface area contributed by atoms with Gasteiger partial charge in [-0.15, -0.1) is 0 Å². The van der Waals surface area contributed by atoms with E-state index in [1.165, 1.54) is 4.90 Å². The van der Waals surface area contributed by atoms with Crippen LogP contribution in [0.25, 0.3) is 0 Å². The highest BCUT2D eigenvalue weighted by atomic mass is 16.2. The zero-order valence-corrected chi connectivity index (χ0v) is 14.3. The molecule has 130 valence electrons. The van der Waals surface area contributed by atoms with E-state index in [0.29, 0.717) is 28.9 Å². The van der Waals surface area contributed by atoms with Crippen LogP contribution in [-0.2, 0) is 6.54 Å². The molecule has 0 radical (unpaired) electrons. The van der Waals surface area contributed by atoms with E-state index in [1.807, 2.05) is 24.3 Å². The summed E-state index contributed by atoms with van der Waals surface area (Å²) in [7, 11) is 0. The minimum atomic E-state index is -0.326. The number of carbonyl (C=O) groups excluding carboxylic acids is 3. The second kappa shape index (κ2) is 5.64. The Balaban J connectivity index is 1.45. The van der Waals surface area contributed by atoms with Crippen molar-refractivity contribution in [1.29, 1.82) is 0 Å². The molecular formula is C22H14N2O3. The van der Waals surface area contributed by atoms with E-state index in [9.17, 15) is 14.4 Å². The van der Waals surface area contributed by atoms with Crippen molar-refractivity contribution in [3.05, 3.63) is 95.1 Å². The highest BCUT2D eigenvalue weighted by molar-refractivity contribution is 6.34. The molecule has 0 bridgehead atoms. The topological polar surface area (TPSA) is 57.7 Å². The number of fused-ring (bicyclic) bond motifs is 2. The molecule has 0 saturated heterocycles. The van der Waals surface area contributed by atoms with Gasteiger partial charge >= 0.3 is 0 Å². The summed E-state index contributed by atoms with van der Waals surface area (Å²) < 4.78 is 0. The van der Waals surface area contributed by atoms with Crippen LogP contribution in [0.4, 0.5) is 11.4 Å². The monoisotopic (exact) mass is 354 g/mol. The number of benzene rings is 3. The largest absolute Gasteiger partial charge is 0.304 e. The summed E-state index contributed by atoms with van der Waals surface area (Å²) in [6.07, 6.45) is 0. The Labute approximate surface area is 155 Å². The van der Waals surface area contributed by atoms with E-state index in [0.717, 1.165) is 11.3 Å². The normalized spacial score (nSPS) is 15.3. The van der Waals surface area contributed by atoms with Crippen molar-refractivity contribution in [2.75, 3.05) is 9.80 Å². The third-order valence-electron chi connectivity index (χ3n) is 5.04. The van der Waals surface area contributed by atoms with E-state index in [2.05, 4.69) is 0 Å². The molecule has 5 heteroatoms. The fourth-order valence-corrected chi connectivity index (χ4v) is 3.67. The van der Waals surface area contributed by atoms with Crippen LogP contribution in [0.5, 0.6) is 0 Å². The van der Waals surface area contributed by atoms with E-state index in [4.69, 9.17) is 0 Å². The lowest BCUT2D eigenvalue weighted by molar-refractivity contribution is 0.0924. The van der Waals surface area contributed by atoms with Gasteiger partial charge in [0, 0.05) is 11.3 Å². The highest BCUT2D eigenvalue weighted by Gasteiger charge is 2.36. The smallest absolute Gasteiger partial charge is 0.266 e. The predicted molar refractivity (Wildman–Crippen MR) is 101 cm³/mol. The first-order valence-electron chi connectivity index (χ1n) is 8.63.